The number of nitrogens with one attached hydrogen (secondary N) is 2. The monoisotopic (exact) mass is 533 g/mol. The van der Waals surface area contributed by atoms with Gasteiger partial charge in [0.05, 0.1) is 33.7 Å². The molecular weight excluding hydrogens is 502 g/mol. The number of nitrogens with two attached hydrogens (primary N) is 1. The molecule has 4 N–H and O–H groups in total. The Hall–Kier alpha value is -2.82. The standard InChI is InChI=1S/C25H32ClN5O4S/c1-3-15(4-2)23(32)29-19-11-17(5-6-20(19)30-10-9-16(27)13-30)31-14-18(35-25(31)34)12-28-24(33)21-7-8-22(26)36-21/h5-8,11,15-16,18H,3-4,9-10,12-14,27H2,1-2H3,(H,28,33)(H,29,32)/t16?,18-/m1/s1. The highest BCUT2D eigenvalue weighted by Gasteiger charge is 2.33. The lowest BCUT2D eigenvalue weighted by Gasteiger charge is -2.25. The molecule has 0 bridgehead atoms. The van der Waals surface area contributed by atoms with E-state index in [1.165, 1.54) is 16.2 Å². The summed E-state index contributed by atoms with van der Waals surface area (Å²) in [5.41, 5.74) is 8.28. The summed E-state index contributed by atoms with van der Waals surface area (Å²) in [6.07, 6.45) is 1.37. The van der Waals surface area contributed by atoms with Crippen LogP contribution in [-0.4, -0.2) is 56.2 Å². The molecule has 0 saturated carbocycles. The van der Waals surface area contributed by atoms with Gasteiger partial charge in [-0.3, -0.25) is 14.5 Å². The first-order valence-corrected chi connectivity index (χ1v) is 13.5. The molecule has 11 heteroatoms. The molecule has 0 aliphatic carbocycles. The van der Waals surface area contributed by atoms with Crippen molar-refractivity contribution >= 4 is 57.9 Å². The van der Waals surface area contributed by atoms with E-state index in [4.69, 9.17) is 22.1 Å². The second-order valence-corrected chi connectivity index (χ2v) is 10.8. The average molecular weight is 534 g/mol. The Kier molecular flexibility index (Phi) is 8.38. The van der Waals surface area contributed by atoms with Gasteiger partial charge < -0.3 is 26.0 Å². The van der Waals surface area contributed by atoms with Gasteiger partial charge in [0.2, 0.25) is 5.91 Å². The summed E-state index contributed by atoms with van der Waals surface area (Å²) < 4.78 is 6.03. The van der Waals surface area contributed by atoms with Gasteiger partial charge in [-0.2, -0.15) is 0 Å². The van der Waals surface area contributed by atoms with E-state index in [0.717, 1.165) is 31.5 Å². The fourth-order valence-electron chi connectivity index (χ4n) is 4.54. The molecule has 194 valence electrons. The zero-order valence-electron chi connectivity index (χ0n) is 20.5. The van der Waals surface area contributed by atoms with Crippen LogP contribution >= 0.6 is 22.9 Å². The summed E-state index contributed by atoms with van der Waals surface area (Å²) in [7, 11) is 0. The SMILES string of the molecule is CCC(CC)C(=O)Nc1cc(N2C[C@@H](CNC(=O)c3ccc(Cl)s3)OC2=O)ccc1N1CCC(N)C1. The van der Waals surface area contributed by atoms with Crippen LogP contribution in [0.15, 0.2) is 30.3 Å². The third kappa shape index (κ3) is 5.93. The van der Waals surface area contributed by atoms with Crippen LogP contribution in [0.1, 0.15) is 42.8 Å². The predicted octanol–water partition coefficient (Wildman–Crippen LogP) is 4.07. The molecule has 2 saturated heterocycles. The lowest BCUT2D eigenvalue weighted by atomic mass is 10.0. The molecule has 2 fully saturated rings. The van der Waals surface area contributed by atoms with Gasteiger partial charge in [0.1, 0.15) is 6.10 Å². The van der Waals surface area contributed by atoms with E-state index in [9.17, 15) is 14.4 Å². The van der Waals surface area contributed by atoms with E-state index in [0.29, 0.717) is 27.1 Å². The van der Waals surface area contributed by atoms with Gasteiger partial charge in [0.15, 0.2) is 0 Å². The maximum atomic E-state index is 12.9. The van der Waals surface area contributed by atoms with Gasteiger partial charge in [-0.25, -0.2) is 4.79 Å². The van der Waals surface area contributed by atoms with Crippen molar-refractivity contribution in [3.05, 3.63) is 39.5 Å². The van der Waals surface area contributed by atoms with Gasteiger partial charge >= 0.3 is 6.09 Å². The van der Waals surface area contributed by atoms with Crippen molar-refractivity contribution in [3.63, 3.8) is 0 Å². The number of amides is 3. The molecule has 2 atom stereocenters. The largest absolute Gasteiger partial charge is 0.442 e. The first kappa shape index (κ1) is 26.2. The van der Waals surface area contributed by atoms with Gasteiger partial charge in [0, 0.05) is 30.7 Å². The Morgan fingerprint density at radius 1 is 1.22 bits per heavy atom. The third-order valence-electron chi connectivity index (χ3n) is 6.63. The van der Waals surface area contributed by atoms with Crippen molar-refractivity contribution in [2.75, 3.05) is 41.3 Å². The van der Waals surface area contributed by atoms with Gasteiger partial charge in [-0.05, 0) is 49.6 Å². The topological polar surface area (TPSA) is 117 Å². The number of ether oxygens (including phenoxy) is 1. The summed E-state index contributed by atoms with van der Waals surface area (Å²) in [4.78, 5) is 42.1. The van der Waals surface area contributed by atoms with Crippen LogP contribution in [0.25, 0.3) is 0 Å². The van der Waals surface area contributed by atoms with Crippen LogP contribution in [0.4, 0.5) is 21.9 Å². The number of carbonyl (C=O) groups is 3. The summed E-state index contributed by atoms with van der Waals surface area (Å²) in [5, 5.41) is 5.88. The van der Waals surface area contributed by atoms with Crippen molar-refractivity contribution in [1.29, 1.82) is 0 Å². The maximum absolute atomic E-state index is 12.9. The van der Waals surface area contributed by atoms with Crippen LogP contribution in [-0.2, 0) is 9.53 Å². The van der Waals surface area contributed by atoms with Crippen LogP contribution in [0, 0.1) is 5.92 Å². The number of hydrogen-bond acceptors (Lipinski definition) is 7. The molecule has 0 spiro atoms. The van der Waals surface area contributed by atoms with E-state index in [-0.39, 0.29) is 36.9 Å². The van der Waals surface area contributed by atoms with Gasteiger partial charge in [-0.15, -0.1) is 11.3 Å². The van der Waals surface area contributed by atoms with Crippen molar-refractivity contribution in [3.8, 4) is 0 Å². The summed E-state index contributed by atoms with van der Waals surface area (Å²) >= 11 is 7.09. The minimum absolute atomic E-state index is 0.0415. The van der Waals surface area contributed by atoms with Crippen molar-refractivity contribution in [2.24, 2.45) is 11.7 Å². The van der Waals surface area contributed by atoms with Crippen molar-refractivity contribution < 1.29 is 19.1 Å². The van der Waals surface area contributed by atoms with Crippen LogP contribution in [0.3, 0.4) is 0 Å². The zero-order chi connectivity index (χ0) is 25.8. The fourth-order valence-corrected chi connectivity index (χ4v) is 5.50. The van der Waals surface area contributed by atoms with E-state index >= 15 is 0 Å². The fraction of sp³-hybridized carbons (Fsp3) is 0.480. The smallest absolute Gasteiger partial charge is 0.414 e. The van der Waals surface area contributed by atoms with Crippen molar-refractivity contribution in [1.82, 2.24) is 5.32 Å². The molecule has 3 heterocycles. The highest BCUT2D eigenvalue weighted by molar-refractivity contribution is 7.18. The molecule has 3 amide bonds. The molecule has 2 aliphatic heterocycles. The van der Waals surface area contributed by atoms with Crippen LogP contribution in [0.2, 0.25) is 4.34 Å². The molecular formula is C25H32ClN5O4S. The van der Waals surface area contributed by atoms with Gasteiger partial charge in [-0.1, -0.05) is 25.4 Å². The number of rotatable bonds is 9. The lowest BCUT2D eigenvalue weighted by Crippen LogP contribution is -2.34. The normalized spacial score (nSPS) is 19.6. The Morgan fingerprint density at radius 2 is 2.00 bits per heavy atom. The van der Waals surface area contributed by atoms with Crippen molar-refractivity contribution in [2.45, 2.75) is 45.3 Å². The molecule has 2 aliphatic rings. The summed E-state index contributed by atoms with van der Waals surface area (Å²) in [6.45, 7) is 5.96. The van der Waals surface area contributed by atoms with Crippen LogP contribution in [0.5, 0.6) is 0 Å². The van der Waals surface area contributed by atoms with E-state index in [1.807, 2.05) is 32.0 Å². The quantitative estimate of drug-likeness (QED) is 0.447. The molecule has 2 aromatic rings. The second-order valence-electron chi connectivity index (χ2n) is 9.13. The van der Waals surface area contributed by atoms with Crippen LogP contribution < -0.4 is 26.2 Å². The Balaban J connectivity index is 1.48. The average Bonchev–Trinajstić information content (AvgIpc) is 3.58. The third-order valence-corrected chi connectivity index (χ3v) is 7.86. The highest BCUT2D eigenvalue weighted by Crippen LogP contribution is 2.35. The Labute approximate surface area is 219 Å². The highest BCUT2D eigenvalue weighted by atomic mass is 35.5. The number of cyclic esters (lactones) is 1. The van der Waals surface area contributed by atoms with Gasteiger partial charge in [0.25, 0.3) is 5.91 Å². The van der Waals surface area contributed by atoms with E-state index < -0.39 is 12.2 Å². The molecule has 9 nitrogen and oxygen atoms in total. The zero-order valence-corrected chi connectivity index (χ0v) is 22.0. The lowest BCUT2D eigenvalue weighted by molar-refractivity contribution is -0.120. The Morgan fingerprint density at radius 3 is 2.64 bits per heavy atom. The first-order valence-electron chi connectivity index (χ1n) is 12.3. The molecule has 1 aromatic heterocycles. The number of nitrogens with zero attached hydrogens (tertiary/aromatic N) is 2. The molecule has 36 heavy (non-hydrogen) atoms. The minimum atomic E-state index is -0.504. The minimum Gasteiger partial charge on any atom is -0.442 e. The molecule has 1 aromatic carbocycles. The summed E-state index contributed by atoms with van der Waals surface area (Å²) in [6, 6.07) is 8.98. The first-order chi connectivity index (χ1) is 17.3. The number of benzene rings is 1. The number of halogens is 1. The van der Waals surface area contributed by atoms with E-state index in [2.05, 4.69) is 15.5 Å². The number of hydrogen-bond donors (Lipinski definition) is 3. The second kappa shape index (κ2) is 11.5. The summed E-state index contributed by atoms with van der Waals surface area (Å²) in [5.74, 6) is -0.397. The number of anilines is 3. The Bertz CT molecular complexity index is 1120. The maximum Gasteiger partial charge on any atom is 0.414 e. The molecule has 0 radical (unpaired) electrons. The number of thiophene rings is 1. The predicted molar refractivity (Wildman–Crippen MR) is 143 cm³/mol. The molecule has 4 rings (SSSR count). The number of carbonyl (C=O) groups excluding carboxylic acids is 3. The molecule has 1 unspecified atom stereocenters. The van der Waals surface area contributed by atoms with E-state index in [1.54, 1.807) is 12.1 Å².